The fourth-order valence-corrected chi connectivity index (χ4v) is 4.93. The van der Waals surface area contributed by atoms with Gasteiger partial charge in [-0.1, -0.05) is 6.42 Å². The van der Waals surface area contributed by atoms with Crippen LogP contribution in [0.3, 0.4) is 0 Å². The van der Waals surface area contributed by atoms with E-state index in [1.807, 2.05) is 30.5 Å². The fourth-order valence-electron chi connectivity index (χ4n) is 4.93. The summed E-state index contributed by atoms with van der Waals surface area (Å²) in [7, 11) is 0. The predicted molar refractivity (Wildman–Crippen MR) is 135 cm³/mol. The van der Waals surface area contributed by atoms with Crippen LogP contribution in [0, 0.1) is 0 Å². The Balaban J connectivity index is 1.26. The SMILES string of the molecule is c1cc(-c2ccoc2)c2nc(-c3n[nH]c4cnc(-c5cncc(OC6CCCCC6)c5)cc34)[nH]c2n1. The van der Waals surface area contributed by atoms with Gasteiger partial charge < -0.3 is 14.1 Å². The van der Waals surface area contributed by atoms with Crippen molar-refractivity contribution in [2.45, 2.75) is 38.2 Å². The number of nitrogens with one attached hydrogen (secondary N) is 2. The van der Waals surface area contributed by atoms with Gasteiger partial charge in [-0.3, -0.25) is 15.1 Å². The van der Waals surface area contributed by atoms with E-state index < -0.39 is 0 Å². The third-order valence-electron chi connectivity index (χ3n) is 6.75. The Bertz CT molecular complexity index is 1660. The molecule has 6 aromatic rings. The first-order chi connectivity index (χ1) is 17.8. The van der Waals surface area contributed by atoms with Gasteiger partial charge >= 0.3 is 0 Å². The summed E-state index contributed by atoms with van der Waals surface area (Å²) in [5, 5.41) is 8.51. The topological polar surface area (TPSA) is 118 Å². The minimum absolute atomic E-state index is 0.264. The van der Waals surface area contributed by atoms with Crippen LogP contribution in [-0.4, -0.2) is 41.2 Å². The van der Waals surface area contributed by atoms with E-state index in [-0.39, 0.29) is 6.10 Å². The number of hydrogen-bond acceptors (Lipinski definition) is 7. The Hall–Kier alpha value is -4.53. The van der Waals surface area contributed by atoms with Crippen molar-refractivity contribution in [2.24, 2.45) is 0 Å². The van der Waals surface area contributed by atoms with Gasteiger partial charge in [0, 0.05) is 34.5 Å². The zero-order chi connectivity index (χ0) is 23.9. The number of ether oxygens (including phenoxy) is 1. The van der Waals surface area contributed by atoms with Crippen LogP contribution in [0.1, 0.15) is 32.1 Å². The van der Waals surface area contributed by atoms with Crippen molar-refractivity contribution in [1.82, 2.24) is 35.1 Å². The van der Waals surface area contributed by atoms with Gasteiger partial charge in [0.1, 0.15) is 17.0 Å². The molecule has 1 fully saturated rings. The highest BCUT2D eigenvalue weighted by Gasteiger charge is 2.18. The molecule has 9 heteroatoms. The fraction of sp³-hybridized carbons (Fsp3) is 0.222. The molecule has 0 unspecified atom stereocenters. The molecule has 2 N–H and O–H groups in total. The molecule has 0 aromatic carbocycles. The van der Waals surface area contributed by atoms with Crippen LogP contribution in [0.5, 0.6) is 5.75 Å². The maximum Gasteiger partial charge on any atom is 0.160 e. The molecule has 36 heavy (non-hydrogen) atoms. The normalized spacial score (nSPS) is 14.6. The van der Waals surface area contributed by atoms with Crippen molar-refractivity contribution < 1.29 is 9.15 Å². The summed E-state index contributed by atoms with van der Waals surface area (Å²) in [5.74, 6) is 1.41. The van der Waals surface area contributed by atoms with E-state index >= 15 is 0 Å². The summed E-state index contributed by atoms with van der Waals surface area (Å²) >= 11 is 0. The monoisotopic (exact) mass is 477 g/mol. The third kappa shape index (κ3) is 3.69. The van der Waals surface area contributed by atoms with E-state index in [0.29, 0.717) is 17.2 Å². The molecule has 6 heterocycles. The highest BCUT2D eigenvalue weighted by molar-refractivity contribution is 5.96. The molecule has 0 saturated heterocycles. The summed E-state index contributed by atoms with van der Waals surface area (Å²) < 4.78 is 11.5. The number of furan rings is 1. The number of rotatable bonds is 5. The Morgan fingerprint density at radius 2 is 1.92 bits per heavy atom. The first kappa shape index (κ1) is 20.8. The number of aromatic amines is 2. The van der Waals surface area contributed by atoms with E-state index in [2.05, 4.69) is 30.1 Å². The van der Waals surface area contributed by atoms with Crippen molar-refractivity contribution in [1.29, 1.82) is 0 Å². The van der Waals surface area contributed by atoms with Gasteiger partial charge in [0.05, 0.1) is 42.2 Å². The summed E-state index contributed by atoms with van der Waals surface area (Å²) in [6.07, 6.45) is 16.7. The van der Waals surface area contributed by atoms with Crippen LogP contribution >= 0.6 is 0 Å². The molecule has 0 amide bonds. The van der Waals surface area contributed by atoms with Crippen LogP contribution in [0.2, 0.25) is 0 Å². The Morgan fingerprint density at radius 3 is 2.81 bits per heavy atom. The van der Waals surface area contributed by atoms with Crippen molar-refractivity contribution in [3.05, 3.63) is 61.6 Å². The van der Waals surface area contributed by atoms with Gasteiger partial charge in [0.25, 0.3) is 0 Å². The number of imidazole rings is 1. The highest BCUT2D eigenvalue weighted by atomic mass is 16.5. The maximum absolute atomic E-state index is 6.22. The second kappa shape index (κ2) is 8.60. The number of H-pyrrole nitrogens is 2. The molecule has 9 nitrogen and oxygen atoms in total. The molecular formula is C27H23N7O2. The Labute approximate surface area is 206 Å². The lowest BCUT2D eigenvalue weighted by Gasteiger charge is -2.22. The molecule has 0 spiro atoms. The van der Waals surface area contributed by atoms with Gasteiger partial charge in [-0.05, 0) is 49.9 Å². The van der Waals surface area contributed by atoms with E-state index in [1.165, 1.54) is 19.3 Å². The zero-order valence-electron chi connectivity index (χ0n) is 19.4. The lowest BCUT2D eigenvalue weighted by atomic mass is 9.98. The number of fused-ring (bicyclic) bond motifs is 2. The average molecular weight is 478 g/mol. The Kier molecular flexibility index (Phi) is 4.97. The van der Waals surface area contributed by atoms with Gasteiger partial charge in [0.15, 0.2) is 11.5 Å². The predicted octanol–water partition coefficient (Wildman–Crippen LogP) is 5.93. The number of nitrogens with zero attached hydrogens (tertiary/aromatic N) is 5. The largest absolute Gasteiger partial charge is 0.489 e. The van der Waals surface area contributed by atoms with Crippen molar-refractivity contribution in [3.8, 4) is 39.7 Å². The summed E-state index contributed by atoms with van der Waals surface area (Å²) in [4.78, 5) is 21.7. The van der Waals surface area contributed by atoms with E-state index in [4.69, 9.17) is 14.1 Å². The van der Waals surface area contributed by atoms with E-state index in [1.54, 1.807) is 31.1 Å². The molecule has 1 aliphatic rings. The summed E-state index contributed by atoms with van der Waals surface area (Å²) in [6.45, 7) is 0. The van der Waals surface area contributed by atoms with E-state index in [0.717, 1.165) is 57.4 Å². The molecule has 0 aliphatic heterocycles. The molecule has 6 aromatic heterocycles. The number of hydrogen-bond donors (Lipinski definition) is 2. The molecule has 1 saturated carbocycles. The Morgan fingerprint density at radius 1 is 0.972 bits per heavy atom. The van der Waals surface area contributed by atoms with Gasteiger partial charge in [-0.2, -0.15) is 5.10 Å². The molecule has 7 rings (SSSR count). The lowest BCUT2D eigenvalue weighted by Crippen LogP contribution is -2.19. The molecule has 178 valence electrons. The molecule has 1 aliphatic carbocycles. The highest BCUT2D eigenvalue weighted by Crippen LogP contribution is 2.32. The molecule has 0 atom stereocenters. The summed E-state index contributed by atoms with van der Waals surface area (Å²) in [6, 6.07) is 7.86. The summed E-state index contributed by atoms with van der Waals surface area (Å²) in [5.41, 5.74) is 6.54. The maximum atomic E-state index is 6.22. The van der Waals surface area contributed by atoms with E-state index in [9.17, 15) is 0 Å². The average Bonchev–Trinajstić information content (AvgIpc) is 3.68. The van der Waals surface area contributed by atoms with Crippen LogP contribution < -0.4 is 4.74 Å². The van der Waals surface area contributed by atoms with Crippen molar-refractivity contribution in [3.63, 3.8) is 0 Å². The third-order valence-corrected chi connectivity index (χ3v) is 6.75. The van der Waals surface area contributed by atoms with Gasteiger partial charge in [-0.25, -0.2) is 9.97 Å². The number of aromatic nitrogens is 7. The molecular weight excluding hydrogens is 454 g/mol. The smallest absolute Gasteiger partial charge is 0.160 e. The first-order valence-electron chi connectivity index (χ1n) is 12.2. The van der Waals surface area contributed by atoms with Crippen LogP contribution in [0.15, 0.2) is 66.0 Å². The van der Waals surface area contributed by atoms with Crippen molar-refractivity contribution in [2.75, 3.05) is 0 Å². The molecule has 0 radical (unpaired) electrons. The number of pyridine rings is 3. The van der Waals surface area contributed by atoms with Gasteiger partial charge in [0.2, 0.25) is 0 Å². The van der Waals surface area contributed by atoms with Crippen molar-refractivity contribution >= 4 is 22.1 Å². The minimum Gasteiger partial charge on any atom is -0.489 e. The second-order valence-electron chi connectivity index (χ2n) is 9.13. The van der Waals surface area contributed by atoms with Crippen LogP contribution in [0.25, 0.3) is 56.0 Å². The zero-order valence-corrected chi connectivity index (χ0v) is 19.4. The minimum atomic E-state index is 0.264. The standard InChI is InChI=1S/C27H23N7O2/c1-2-4-18(5-3-1)36-19-10-17(12-28-13-19)22-11-21-23(14-30-22)33-34-25(21)27-31-24-20(16-7-9-35-15-16)6-8-29-26(24)32-27/h6-15,18H,1-5H2,(H,33,34)(H,29,31,32). The molecule has 0 bridgehead atoms. The van der Waals surface area contributed by atoms with Crippen LogP contribution in [0.4, 0.5) is 0 Å². The lowest BCUT2D eigenvalue weighted by molar-refractivity contribution is 0.154. The van der Waals surface area contributed by atoms with Crippen LogP contribution in [-0.2, 0) is 0 Å². The van der Waals surface area contributed by atoms with Gasteiger partial charge in [-0.15, -0.1) is 0 Å². The second-order valence-corrected chi connectivity index (χ2v) is 9.13. The quantitative estimate of drug-likeness (QED) is 0.316. The first-order valence-corrected chi connectivity index (χ1v) is 12.2.